The molecule has 32 heavy (non-hydrogen) atoms. The van der Waals surface area contributed by atoms with Crippen molar-refractivity contribution >= 4 is 30.8 Å². The lowest BCUT2D eigenvalue weighted by atomic mass is 10.0. The second-order valence-electron chi connectivity index (χ2n) is 9.76. The van der Waals surface area contributed by atoms with Crippen molar-refractivity contribution < 1.29 is 24.2 Å². The highest BCUT2D eigenvalue weighted by molar-refractivity contribution is 6.98. The number of aliphatic carboxylic acids is 1. The van der Waals surface area contributed by atoms with Gasteiger partial charge in [-0.1, -0.05) is 80.9 Å². The molecular formula is C25H35NO5Si. The largest absolute Gasteiger partial charge is 0.480 e. The van der Waals surface area contributed by atoms with Crippen LogP contribution >= 0.6 is 0 Å². The summed E-state index contributed by atoms with van der Waals surface area (Å²) in [6, 6.07) is 18.4. The van der Waals surface area contributed by atoms with Gasteiger partial charge < -0.3 is 20.0 Å². The Morgan fingerprint density at radius 2 is 1.41 bits per heavy atom. The molecule has 0 saturated carbocycles. The molecule has 6 nitrogen and oxygen atoms in total. The molecule has 0 bridgehead atoms. The number of rotatable bonds is 9. The lowest BCUT2D eigenvalue weighted by molar-refractivity contribution is -0.139. The minimum atomic E-state index is -3.15. The number of carbonyl (C=O) groups is 2. The van der Waals surface area contributed by atoms with Crippen LogP contribution in [0.3, 0.4) is 0 Å². The first kappa shape index (κ1) is 25.6. The molecular weight excluding hydrogens is 422 g/mol. The van der Waals surface area contributed by atoms with Crippen molar-refractivity contribution in [3.8, 4) is 0 Å². The summed E-state index contributed by atoms with van der Waals surface area (Å²) in [5.41, 5.74) is -0.706. The summed E-state index contributed by atoms with van der Waals surface area (Å²) in [4.78, 5) is 35.9. The summed E-state index contributed by atoms with van der Waals surface area (Å²) in [5.74, 6) is -1.10. The fourth-order valence-electron chi connectivity index (χ4n) is 3.94. The summed E-state index contributed by atoms with van der Waals surface area (Å²) in [7, 11) is -3.15. The Morgan fingerprint density at radius 1 is 0.938 bits per heavy atom. The quantitative estimate of drug-likeness (QED) is 0.500. The van der Waals surface area contributed by atoms with Crippen molar-refractivity contribution in [2.45, 2.75) is 70.6 Å². The van der Waals surface area contributed by atoms with Gasteiger partial charge in [0.25, 0.3) is 8.32 Å². The highest BCUT2D eigenvalue weighted by atomic mass is 28.4. The van der Waals surface area contributed by atoms with E-state index in [2.05, 4.69) is 5.32 Å². The molecule has 1 unspecified atom stereocenters. The molecule has 0 aliphatic rings. The Kier molecular flexibility index (Phi) is 8.26. The van der Waals surface area contributed by atoms with Gasteiger partial charge in [-0.25, -0.2) is 9.59 Å². The summed E-state index contributed by atoms with van der Waals surface area (Å²) in [6.07, 6.45) is 0.615. The number of carboxylic acid groups (broad SMARTS) is 1. The van der Waals surface area contributed by atoms with Crippen molar-refractivity contribution in [2.75, 3.05) is 0 Å². The number of carboxylic acids is 1. The van der Waals surface area contributed by atoms with Crippen molar-refractivity contribution in [3.63, 3.8) is 0 Å². The van der Waals surface area contributed by atoms with E-state index in [1.807, 2.05) is 74.5 Å². The lowest BCUT2D eigenvalue weighted by Crippen LogP contribution is -2.65. The maximum Gasteiger partial charge on any atom is 0.408 e. The minimum Gasteiger partial charge on any atom is -0.480 e. The highest BCUT2D eigenvalue weighted by Crippen LogP contribution is 2.40. The zero-order valence-electron chi connectivity index (χ0n) is 19.6. The summed E-state index contributed by atoms with van der Waals surface area (Å²) in [6.45, 7) is 9.25. The van der Waals surface area contributed by atoms with Gasteiger partial charge in [-0.05, 0) is 49.0 Å². The molecule has 0 heterocycles. The molecule has 0 spiro atoms. The highest BCUT2D eigenvalue weighted by Gasteiger charge is 2.49. The third-order valence-electron chi connectivity index (χ3n) is 5.65. The normalized spacial score (nSPS) is 13.3. The van der Waals surface area contributed by atoms with Crippen LogP contribution in [-0.2, 0) is 9.53 Å². The molecule has 0 aliphatic carbocycles. The number of carbonyl (C=O) groups excluding carboxylic acids is 1. The van der Waals surface area contributed by atoms with Crippen LogP contribution in [0.2, 0.25) is 5.04 Å². The molecule has 0 aliphatic heterocycles. The summed E-state index contributed by atoms with van der Waals surface area (Å²) < 4.78 is 5.19. The molecule has 3 N–H and O–H groups in total. The van der Waals surface area contributed by atoms with Crippen LogP contribution in [0, 0.1) is 0 Å². The van der Waals surface area contributed by atoms with E-state index in [4.69, 9.17) is 4.74 Å². The molecule has 7 heteroatoms. The summed E-state index contributed by atoms with van der Waals surface area (Å²) in [5, 5.41) is 13.4. The third kappa shape index (κ3) is 6.43. The van der Waals surface area contributed by atoms with Gasteiger partial charge >= 0.3 is 12.1 Å². The topological polar surface area (TPSA) is 95.9 Å². The molecule has 0 saturated heterocycles. The maximum atomic E-state index is 12.2. The maximum absolute atomic E-state index is 12.2. The predicted molar refractivity (Wildman–Crippen MR) is 129 cm³/mol. The number of amides is 1. The van der Waals surface area contributed by atoms with Crippen LogP contribution in [0.25, 0.3) is 0 Å². The van der Waals surface area contributed by atoms with E-state index in [0.29, 0.717) is 12.8 Å². The van der Waals surface area contributed by atoms with Gasteiger partial charge in [0.2, 0.25) is 0 Å². The van der Waals surface area contributed by atoms with Crippen molar-refractivity contribution in [1.29, 1.82) is 0 Å². The van der Waals surface area contributed by atoms with E-state index in [-0.39, 0.29) is 6.42 Å². The van der Waals surface area contributed by atoms with Crippen LogP contribution < -0.4 is 15.7 Å². The first-order valence-corrected chi connectivity index (χ1v) is 12.9. The lowest BCUT2D eigenvalue weighted by Gasteiger charge is -2.41. The molecule has 2 rings (SSSR count). The summed E-state index contributed by atoms with van der Waals surface area (Å²) >= 11 is 0. The predicted octanol–water partition coefficient (Wildman–Crippen LogP) is 3.67. The van der Waals surface area contributed by atoms with Crippen molar-refractivity contribution in [3.05, 3.63) is 60.7 Å². The zero-order chi connectivity index (χ0) is 24.0. The van der Waals surface area contributed by atoms with E-state index in [0.717, 1.165) is 10.4 Å². The first-order chi connectivity index (χ1) is 14.9. The fourth-order valence-corrected chi connectivity index (χ4v) is 7.73. The van der Waals surface area contributed by atoms with E-state index >= 15 is 0 Å². The number of benzene rings is 2. The molecule has 0 fully saturated rings. The number of hydrogen-bond donors (Lipinski definition) is 3. The third-order valence-corrected chi connectivity index (χ3v) is 10.2. The molecule has 0 aromatic heterocycles. The van der Waals surface area contributed by atoms with Gasteiger partial charge in [-0.2, -0.15) is 0 Å². The minimum absolute atomic E-state index is 0.242. The Balaban J connectivity index is 2.18. The monoisotopic (exact) mass is 457 g/mol. The standard InChI is InChI=1S/C25H35NO5Si/c1-24(2,3)31-23(29)26-21(22(27)28)17-12-18-25(4,5)32(30,19-13-8-6-9-14-19)20-15-10-7-11-16-20/h6-11,13-16,21,30H,12,17-18H2,1-5H3,(H,26,29)(H,27,28). The SMILES string of the molecule is CC(C)(C)OC(=O)NC(CCCC(C)(C)[Si](O)(c1ccccc1)c1ccccc1)C(=O)O. The number of alkyl carbamates (subject to hydrolysis) is 1. The molecule has 2 aromatic rings. The van der Waals surface area contributed by atoms with Gasteiger partial charge in [0.05, 0.1) is 0 Å². The van der Waals surface area contributed by atoms with Crippen molar-refractivity contribution in [1.82, 2.24) is 5.32 Å². The molecule has 1 atom stereocenters. The molecule has 2 aromatic carbocycles. The number of ether oxygens (including phenoxy) is 1. The number of hydrogen-bond acceptors (Lipinski definition) is 4. The van der Waals surface area contributed by atoms with Crippen LogP contribution in [0.1, 0.15) is 53.9 Å². The van der Waals surface area contributed by atoms with Crippen LogP contribution in [0.5, 0.6) is 0 Å². The Labute approximate surface area is 191 Å². The van der Waals surface area contributed by atoms with E-state index in [1.54, 1.807) is 20.8 Å². The van der Waals surface area contributed by atoms with Gasteiger partial charge in [0, 0.05) is 0 Å². The van der Waals surface area contributed by atoms with E-state index in [1.165, 1.54) is 0 Å². The second kappa shape index (κ2) is 10.3. The average molecular weight is 458 g/mol. The van der Waals surface area contributed by atoms with Crippen LogP contribution in [0.15, 0.2) is 60.7 Å². The van der Waals surface area contributed by atoms with Crippen LogP contribution in [-0.4, -0.2) is 41.9 Å². The second-order valence-corrected chi connectivity index (χ2v) is 13.7. The average Bonchev–Trinajstić information content (AvgIpc) is 2.72. The van der Waals surface area contributed by atoms with Crippen molar-refractivity contribution in [2.24, 2.45) is 0 Å². The fraction of sp³-hybridized carbons (Fsp3) is 0.440. The zero-order valence-corrected chi connectivity index (χ0v) is 20.6. The van der Waals surface area contributed by atoms with Gasteiger partial charge in [0.15, 0.2) is 0 Å². The molecule has 174 valence electrons. The van der Waals surface area contributed by atoms with Gasteiger partial charge in [-0.15, -0.1) is 0 Å². The smallest absolute Gasteiger partial charge is 0.408 e. The van der Waals surface area contributed by atoms with E-state index < -0.39 is 37.1 Å². The van der Waals surface area contributed by atoms with E-state index in [9.17, 15) is 19.5 Å². The Bertz CT molecular complexity index is 854. The number of nitrogens with one attached hydrogen (secondary N) is 1. The molecule has 1 amide bonds. The Morgan fingerprint density at radius 3 is 1.81 bits per heavy atom. The first-order valence-electron chi connectivity index (χ1n) is 10.9. The van der Waals surface area contributed by atoms with Gasteiger partial charge in [-0.3, -0.25) is 0 Å². The molecule has 0 radical (unpaired) electrons. The van der Waals surface area contributed by atoms with Crippen LogP contribution in [0.4, 0.5) is 4.79 Å². The van der Waals surface area contributed by atoms with Gasteiger partial charge in [0.1, 0.15) is 11.6 Å². The Hall–Kier alpha value is -2.64.